The van der Waals surface area contributed by atoms with E-state index in [2.05, 4.69) is 39.1 Å². The zero-order valence-corrected chi connectivity index (χ0v) is 13.0. The van der Waals surface area contributed by atoms with Crippen molar-refractivity contribution in [3.63, 3.8) is 0 Å². The summed E-state index contributed by atoms with van der Waals surface area (Å²) in [6.07, 6.45) is 0. The van der Waals surface area contributed by atoms with Crippen LogP contribution >= 0.6 is 11.6 Å². The molecule has 1 N–H and O–H groups in total. The van der Waals surface area contributed by atoms with Crippen LogP contribution in [0.15, 0.2) is 12.1 Å². The zero-order valence-electron chi connectivity index (χ0n) is 12.2. The second-order valence-electron chi connectivity index (χ2n) is 5.69. The number of benzene rings is 1. The van der Waals surface area contributed by atoms with Gasteiger partial charge in [0, 0.05) is 11.6 Å². The first kappa shape index (κ1) is 15.3. The van der Waals surface area contributed by atoms with Gasteiger partial charge >= 0.3 is 0 Å². The second kappa shape index (κ2) is 5.94. The van der Waals surface area contributed by atoms with E-state index in [0.29, 0.717) is 5.92 Å². The summed E-state index contributed by atoms with van der Waals surface area (Å²) in [6, 6.07) is 4.06. The van der Waals surface area contributed by atoms with Crippen LogP contribution in [0.2, 0.25) is 5.02 Å². The fraction of sp³-hybridized carbons (Fsp3) is 0.600. The molecule has 0 atom stereocenters. The van der Waals surface area contributed by atoms with Crippen LogP contribution in [0.5, 0.6) is 5.75 Å². The summed E-state index contributed by atoms with van der Waals surface area (Å²) in [5, 5.41) is 3.97. The van der Waals surface area contributed by atoms with Gasteiger partial charge in [0.15, 0.2) is 0 Å². The van der Waals surface area contributed by atoms with E-state index in [0.717, 1.165) is 28.4 Å². The maximum absolute atomic E-state index is 6.26. The van der Waals surface area contributed by atoms with E-state index in [9.17, 15) is 0 Å². The number of nitrogens with one attached hydrogen (secondary N) is 1. The fourth-order valence-electron chi connectivity index (χ4n) is 1.98. The summed E-state index contributed by atoms with van der Waals surface area (Å²) in [6.45, 7) is 11.3. The molecular weight excluding hydrogens is 246 g/mol. The highest BCUT2D eigenvalue weighted by molar-refractivity contribution is 6.31. The molecule has 0 aliphatic heterocycles. The molecule has 18 heavy (non-hydrogen) atoms. The molecule has 1 rings (SSSR count). The number of likely N-dealkylation sites (N-methyl/N-ethyl adjacent to an activating group) is 1. The highest BCUT2D eigenvalue weighted by Crippen LogP contribution is 2.32. The first-order valence-corrected chi connectivity index (χ1v) is 6.78. The van der Waals surface area contributed by atoms with E-state index in [1.54, 1.807) is 0 Å². The first-order chi connectivity index (χ1) is 8.26. The van der Waals surface area contributed by atoms with Crippen LogP contribution in [0, 0.1) is 6.92 Å². The predicted octanol–water partition coefficient (Wildman–Crippen LogP) is 4.15. The Morgan fingerprint density at radius 3 is 2.44 bits per heavy atom. The topological polar surface area (TPSA) is 21.3 Å². The maximum Gasteiger partial charge on any atom is 0.123 e. The van der Waals surface area contributed by atoms with Crippen molar-refractivity contribution >= 4 is 11.6 Å². The molecule has 0 aliphatic carbocycles. The molecule has 0 aliphatic rings. The molecule has 0 unspecified atom stereocenters. The quantitative estimate of drug-likeness (QED) is 0.867. The van der Waals surface area contributed by atoms with E-state index >= 15 is 0 Å². The van der Waals surface area contributed by atoms with Gasteiger partial charge in [-0.05, 0) is 57.0 Å². The standard InChI is InChI=1S/C15H24ClNO/c1-10(2)12-8-14(11(3)7-13(12)16)18-15(4,5)9-17-6/h7-8,10,17H,9H2,1-6H3. The molecule has 2 nitrogen and oxygen atoms in total. The molecule has 1 aromatic rings. The number of hydrogen-bond acceptors (Lipinski definition) is 2. The molecule has 0 amide bonds. The van der Waals surface area contributed by atoms with E-state index < -0.39 is 0 Å². The fourth-order valence-corrected chi connectivity index (χ4v) is 2.42. The summed E-state index contributed by atoms with van der Waals surface area (Å²) in [7, 11) is 1.93. The predicted molar refractivity (Wildman–Crippen MR) is 78.9 cm³/mol. The molecule has 0 fully saturated rings. The van der Waals surface area contributed by atoms with Gasteiger partial charge in [-0.15, -0.1) is 0 Å². The minimum atomic E-state index is -0.235. The van der Waals surface area contributed by atoms with Crippen molar-refractivity contribution in [3.8, 4) is 5.75 Å². The Balaban J connectivity index is 3.06. The van der Waals surface area contributed by atoms with Crippen LogP contribution in [-0.4, -0.2) is 19.2 Å². The molecule has 0 heterocycles. The SMILES string of the molecule is CNCC(C)(C)Oc1cc(C(C)C)c(Cl)cc1C. The highest BCUT2D eigenvalue weighted by Gasteiger charge is 2.20. The molecular formula is C15H24ClNO. The Morgan fingerprint density at radius 1 is 1.33 bits per heavy atom. The van der Waals surface area contributed by atoms with Crippen molar-refractivity contribution in [1.29, 1.82) is 0 Å². The normalized spacial score (nSPS) is 12.0. The third kappa shape index (κ3) is 3.89. The van der Waals surface area contributed by atoms with Crippen molar-refractivity contribution in [2.45, 2.75) is 46.1 Å². The van der Waals surface area contributed by atoms with E-state index in [4.69, 9.17) is 16.3 Å². The van der Waals surface area contributed by atoms with Gasteiger partial charge in [-0.25, -0.2) is 0 Å². The molecule has 0 bridgehead atoms. The smallest absolute Gasteiger partial charge is 0.123 e. The summed E-state index contributed by atoms with van der Waals surface area (Å²) >= 11 is 6.26. The minimum absolute atomic E-state index is 0.235. The summed E-state index contributed by atoms with van der Waals surface area (Å²) in [5.41, 5.74) is 1.98. The van der Waals surface area contributed by atoms with Gasteiger partial charge in [-0.1, -0.05) is 25.4 Å². The minimum Gasteiger partial charge on any atom is -0.486 e. The lowest BCUT2D eigenvalue weighted by molar-refractivity contribution is 0.109. The Morgan fingerprint density at radius 2 is 1.94 bits per heavy atom. The van der Waals surface area contributed by atoms with Crippen LogP contribution in [0.1, 0.15) is 44.7 Å². The summed E-state index contributed by atoms with van der Waals surface area (Å²) < 4.78 is 6.10. The first-order valence-electron chi connectivity index (χ1n) is 6.40. The number of halogens is 1. The van der Waals surface area contributed by atoms with E-state index in [1.165, 1.54) is 0 Å². The van der Waals surface area contributed by atoms with Crippen molar-refractivity contribution < 1.29 is 4.74 Å². The van der Waals surface area contributed by atoms with Crippen LogP contribution in [0.4, 0.5) is 0 Å². The van der Waals surface area contributed by atoms with E-state index in [-0.39, 0.29) is 5.60 Å². The van der Waals surface area contributed by atoms with Crippen LogP contribution < -0.4 is 10.1 Å². The molecule has 0 spiro atoms. The lowest BCUT2D eigenvalue weighted by atomic mass is 10.0. The van der Waals surface area contributed by atoms with Crippen molar-refractivity contribution in [3.05, 3.63) is 28.3 Å². The average Bonchev–Trinajstić information content (AvgIpc) is 2.21. The third-order valence-electron chi connectivity index (χ3n) is 2.91. The van der Waals surface area contributed by atoms with Crippen LogP contribution in [-0.2, 0) is 0 Å². The van der Waals surface area contributed by atoms with Crippen molar-refractivity contribution in [2.24, 2.45) is 0 Å². The molecule has 1 aromatic carbocycles. The van der Waals surface area contributed by atoms with E-state index in [1.807, 2.05) is 20.0 Å². The van der Waals surface area contributed by atoms with Gasteiger partial charge in [-0.2, -0.15) is 0 Å². The van der Waals surface area contributed by atoms with Crippen LogP contribution in [0.25, 0.3) is 0 Å². The lowest BCUT2D eigenvalue weighted by Crippen LogP contribution is -2.39. The molecule has 0 radical (unpaired) electrons. The van der Waals surface area contributed by atoms with Gasteiger partial charge in [0.2, 0.25) is 0 Å². The molecule has 102 valence electrons. The monoisotopic (exact) mass is 269 g/mol. The van der Waals surface area contributed by atoms with Crippen molar-refractivity contribution in [1.82, 2.24) is 5.32 Å². The van der Waals surface area contributed by atoms with Crippen molar-refractivity contribution in [2.75, 3.05) is 13.6 Å². The number of rotatable bonds is 5. The van der Waals surface area contributed by atoms with Gasteiger partial charge in [-0.3, -0.25) is 0 Å². The molecule has 0 aromatic heterocycles. The second-order valence-corrected chi connectivity index (χ2v) is 6.09. The Labute approximate surface area is 116 Å². The van der Waals surface area contributed by atoms with Gasteiger partial charge in [0.25, 0.3) is 0 Å². The molecule has 0 saturated heterocycles. The maximum atomic E-state index is 6.26. The molecule has 3 heteroatoms. The van der Waals surface area contributed by atoms with Crippen LogP contribution in [0.3, 0.4) is 0 Å². The van der Waals surface area contributed by atoms with Gasteiger partial charge in [0.05, 0.1) is 0 Å². The summed E-state index contributed by atoms with van der Waals surface area (Å²) in [4.78, 5) is 0. The van der Waals surface area contributed by atoms with Gasteiger partial charge in [0.1, 0.15) is 11.4 Å². The van der Waals surface area contributed by atoms with Gasteiger partial charge < -0.3 is 10.1 Å². The number of hydrogen-bond donors (Lipinski definition) is 1. The Bertz CT molecular complexity index is 413. The highest BCUT2D eigenvalue weighted by atomic mass is 35.5. The Hall–Kier alpha value is -0.730. The largest absolute Gasteiger partial charge is 0.486 e. The molecule has 0 saturated carbocycles. The average molecular weight is 270 g/mol. The number of ether oxygens (including phenoxy) is 1. The lowest BCUT2D eigenvalue weighted by Gasteiger charge is -2.28. The Kier molecular flexibility index (Phi) is 5.06. The summed E-state index contributed by atoms with van der Waals surface area (Å²) in [5.74, 6) is 1.32. The third-order valence-corrected chi connectivity index (χ3v) is 3.23. The number of aryl methyl sites for hydroxylation is 1. The zero-order chi connectivity index (χ0) is 13.9.